The zero-order chi connectivity index (χ0) is 22.1. The Morgan fingerprint density at radius 3 is 2.65 bits per heavy atom. The van der Waals surface area contributed by atoms with Gasteiger partial charge < -0.3 is 9.80 Å². The van der Waals surface area contributed by atoms with Crippen LogP contribution in [0, 0.1) is 16.0 Å². The maximum Gasteiger partial charge on any atom is 0.293 e. The lowest BCUT2D eigenvalue weighted by molar-refractivity contribution is -0.384. The minimum atomic E-state index is -0.388. The Morgan fingerprint density at radius 2 is 1.97 bits per heavy atom. The van der Waals surface area contributed by atoms with Gasteiger partial charge in [-0.05, 0) is 49.9 Å². The maximum atomic E-state index is 13.1. The van der Waals surface area contributed by atoms with Crippen LogP contribution in [0.5, 0.6) is 0 Å². The Kier molecular flexibility index (Phi) is 5.91. The van der Waals surface area contributed by atoms with Gasteiger partial charge in [-0.15, -0.1) is 11.3 Å². The van der Waals surface area contributed by atoms with Gasteiger partial charge in [0.1, 0.15) is 10.7 Å². The van der Waals surface area contributed by atoms with Crippen LogP contribution in [-0.4, -0.2) is 40.9 Å². The zero-order valence-corrected chi connectivity index (χ0v) is 18.8. The molecule has 0 spiro atoms. The Labute approximate surface area is 185 Å². The van der Waals surface area contributed by atoms with Crippen LogP contribution in [0.4, 0.5) is 11.4 Å². The van der Waals surface area contributed by atoms with E-state index in [1.165, 1.54) is 6.07 Å². The predicted molar refractivity (Wildman–Crippen MR) is 124 cm³/mol. The molecule has 4 rings (SSSR count). The van der Waals surface area contributed by atoms with E-state index in [-0.39, 0.29) is 22.6 Å². The summed E-state index contributed by atoms with van der Waals surface area (Å²) in [5, 5.41) is 12.6. The first-order chi connectivity index (χ1) is 14.8. The number of hydrogen-bond donors (Lipinski definition) is 0. The van der Waals surface area contributed by atoms with Gasteiger partial charge in [0.25, 0.3) is 11.6 Å². The van der Waals surface area contributed by atoms with Crippen LogP contribution in [-0.2, 0) is 0 Å². The molecular formula is C23H26N4O3S. The van der Waals surface area contributed by atoms with E-state index in [0.717, 1.165) is 41.2 Å². The van der Waals surface area contributed by atoms with Crippen LogP contribution in [0.3, 0.4) is 0 Å². The van der Waals surface area contributed by atoms with Crippen molar-refractivity contribution in [2.24, 2.45) is 5.92 Å². The zero-order valence-electron chi connectivity index (χ0n) is 17.9. The molecule has 0 N–H and O–H groups in total. The molecule has 1 atom stereocenters. The lowest BCUT2D eigenvalue weighted by Crippen LogP contribution is -2.33. The summed E-state index contributed by atoms with van der Waals surface area (Å²) in [4.78, 5) is 32.8. The van der Waals surface area contributed by atoms with Crippen molar-refractivity contribution in [2.45, 2.75) is 32.7 Å². The smallest absolute Gasteiger partial charge is 0.293 e. The van der Waals surface area contributed by atoms with Crippen molar-refractivity contribution in [2.75, 3.05) is 25.0 Å². The second-order valence-electron chi connectivity index (χ2n) is 8.24. The van der Waals surface area contributed by atoms with Gasteiger partial charge in [0.15, 0.2) is 0 Å². The Balaban J connectivity index is 1.58. The summed E-state index contributed by atoms with van der Waals surface area (Å²) >= 11 is 1.56. The number of hydrogen-bond acceptors (Lipinski definition) is 6. The van der Waals surface area contributed by atoms with Crippen molar-refractivity contribution < 1.29 is 9.72 Å². The van der Waals surface area contributed by atoms with E-state index in [1.54, 1.807) is 35.4 Å². The summed E-state index contributed by atoms with van der Waals surface area (Å²) in [5.74, 6) is 0.377. The molecule has 8 heteroatoms. The second-order valence-corrected chi connectivity index (χ2v) is 9.30. The highest BCUT2D eigenvalue weighted by Crippen LogP contribution is 2.34. The number of rotatable bonds is 5. The molecule has 162 valence electrons. The molecule has 3 aromatic rings. The van der Waals surface area contributed by atoms with Gasteiger partial charge in [0.2, 0.25) is 0 Å². The highest BCUT2D eigenvalue weighted by Gasteiger charge is 2.27. The highest BCUT2D eigenvalue weighted by atomic mass is 32.1. The molecule has 1 aliphatic heterocycles. The number of aromatic nitrogens is 1. The SMILES string of the molecule is CC1CCN(c2ccc(C(=O)N(C)[C@H](C)c3nc4ccccc4s3)cc2[N+](=O)[O-])CC1. The number of fused-ring (bicyclic) bond motifs is 1. The molecule has 1 saturated heterocycles. The van der Waals surface area contributed by atoms with Crippen molar-refractivity contribution in [3.63, 3.8) is 0 Å². The van der Waals surface area contributed by atoms with E-state index < -0.39 is 0 Å². The molecule has 2 aromatic carbocycles. The number of para-hydroxylation sites is 1. The monoisotopic (exact) mass is 438 g/mol. The van der Waals surface area contributed by atoms with Crippen LogP contribution in [0.15, 0.2) is 42.5 Å². The summed E-state index contributed by atoms with van der Waals surface area (Å²) in [6.07, 6.45) is 2.03. The van der Waals surface area contributed by atoms with Crippen molar-refractivity contribution in [1.82, 2.24) is 9.88 Å². The highest BCUT2D eigenvalue weighted by molar-refractivity contribution is 7.18. The summed E-state index contributed by atoms with van der Waals surface area (Å²) < 4.78 is 1.07. The molecule has 1 aliphatic rings. The van der Waals surface area contributed by atoms with Gasteiger partial charge in [0.05, 0.1) is 21.2 Å². The van der Waals surface area contributed by atoms with Crippen LogP contribution < -0.4 is 4.90 Å². The first-order valence-electron chi connectivity index (χ1n) is 10.5. The van der Waals surface area contributed by atoms with Crippen LogP contribution >= 0.6 is 11.3 Å². The van der Waals surface area contributed by atoms with Gasteiger partial charge in [0, 0.05) is 31.8 Å². The molecular weight excluding hydrogens is 412 g/mol. The van der Waals surface area contributed by atoms with Gasteiger partial charge in [-0.1, -0.05) is 19.1 Å². The number of carbonyl (C=O) groups excluding carboxylic acids is 1. The molecule has 7 nitrogen and oxygen atoms in total. The number of nitro groups is 1. The van der Waals surface area contributed by atoms with Crippen LogP contribution in [0.1, 0.15) is 48.1 Å². The molecule has 1 amide bonds. The number of nitro benzene ring substituents is 1. The number of piperidine rings is 1. The van der Waals surface area contributed by atoms with E-state index in [0.29, 0.717) is 17.2 Å². The third kappa shape index (κ3) is 4.25. The average Bonchev–Trinajstić information content (AvgIpc) is 3.22. The fourth-order valence-electron chi connectivity index (χ4n) is 3.93. The van der Waals surface area contributed by atoms with Crippen molar-refractivity contribution in [3.05, 3.63) is 63.1 Å². The van der Waals surface area contributed by atoms with Crippen molar-refractivity contribution >= 4 is 38.8 Å². The minimum absolute atomic E-state index is 0.0126. The molecule has 1 fully saturated rings. The third-order valence-electron chi connectivity index (χ3n) is 6.11. The fourth-order valence-corrected chi connectivity index (χ4v) is 5.00. The Bertz CT molecular complexity index is 1090. The molecule has 0 saturated carbocycles. The van der Waals surface area contributed by atoms with Gasteiger partial charge in [-0.3, -0.25) is 14.9 Å². The van der Waals surface area contributed by atoms with Gasteiger partial charge in [-0.2, -0.15) is 0 Å². The van der Waals surface area contributed by atoms with Crippen LogP contribution in [0.25, 0.3) is 10.2 Å². The number of anilines is 1. The molecule has 0 bridgehead atoms. The topological polar surface area (TPSA) is 79.6 Å². The van der Waals surface area contributed by atoms with Crippen molar-refractivity contribution in [1.29, 1.82) is 0 Å². The van der Waals surface area contributed by atoms with E-state index >= 15 is 0 Å². The number of thiazole rings is 1. The lowest BCUT2D eigenvalue weighted by Gasteiger charge is -2.32. The second kappa shape index (κ2) is 8.63. The summed E-state index contributed by atoms with van der Waals surface area (Å²) in [5.41, 5.74) is 1.80. The normalized spacial score (nSPS) is 15.8. The first-order valence-corrected chi connectivity index (χ1v) is 11.3. The summed E-state index contributed by atoms with van der Waals surface area (Å²) in [6, 6.07) is 12.5. The molecule has 0 unspecified atom stereocenters. The van der Waals surface area contributed by atoms with Crippen molar-refractivity contribution in [3.8, 4) is 0 Å². The van der Waals surface area contributed by atoms with E-state index in [9.17, 15) is 14.9 Å². The van der Waals surface area contributed by atoms with Crippen LogP contribution in [0.2, 0.25) is 0 Å². The molecule has 0 aliphatic carbocycles. The number of amides is 1. The van der Waals surface area contributed by atoms with E-state index in [2.05, 4.69) is 16.8 Å². The fraction of sp³-hybridized carbons (Fsp3) is 0.391. The Morgan fingerprint density at radius 1 is 1.26 bits per heavy atom. The number of carbonyl (C=O) groups is 1. The number of nitrogens with zero attached hydrogens (tertiary/aromatic N) is 4. The molecule has 0 radical (unpaired) electrons. The molecule has 31 heavy (non-hydrogen) atoms. The largest absolute Gasteiger partial charge is 0.366 e. The standard InChI is InChI=1S/C23H26N4O3S/c1-15-10-12-26(13-11-15)19-9-8-17(14-20(19)27(29)30)23(28)25(3)16(2)22-24-18-6-4-5-7-21(18)31-22/h4-9,14-16H,10-13H2,1-3H3/t16-/m1/s1. The van der Waals surface area contributed by atoms with Gasteiger partial charge in [-0.25, -0.2) is 4.98 Å². The predicted octanol–water partition coefficient (Wildman–Crippen LogP) is 5.27. The van der Waals surface area contributed by atoms with E-state index in [4.69, 9.17) is 0 Å². The Hall–Kier alpha value is -3.00. The number of benzene rings is 2. The lowest BCUT2D eigenvalue weighted by atomic mass is 9.98. The summed E-state index contributed by atoms with van der Waals surface area (Å²) in [6.45, 7) is 5.72. The van der Waals surface area contributed by atoms with Gasteiger partial charge >= 0.3 is 0 Å². The summed E-state index contributed by atoms with van der Waals surface area (Å²) in [7, 11) is 1.71. The minimum Gasteiger partial charge on any atom is -0.366 e. The van der Waals surface area contributed by atoms with E-state index in [1.807, 2.05) is 31.2 Å². The molecule has 1 aromatic heterocycles. The molecule has 2 heterocycles. The average molecular weight is 439 g/mol. The quantitative estimate of drug-likeness (QED) is 0.400. The third-order valence-corrected chi connectivity index (χ3v) is 7.32. The first kappa shape index (κ1) is 21.2. The maximum absolute atomic E-state index is 13.1.